The maximum atomic E-state index is 13.9. The number of piperidine rings is 1. The standard InChI is InChI=1S/C21H25F2N3O/c1-25(2)20(15-6-5-7-16(22)14-15)21(27)24-17-10-12-26(13-11-17)19-9-4-3-8-18(19)23/h3-9,14,17,20H,10-13H2,1-2H3,(H,24,27)/t20-/m0/s1. The summed E-state index contributed by atoms with van der Waals surface area (Å²) < 4.78 is 27.5. The molecular weight excluding hydrogens is 348 g/mol. The van der Waals surface area contributed by atoms with Crippen LogP contribution < -0.4 is 10.2 Å². The smallest absolute Gasteiger partial charge is 0.242 e. The third-order valence-corrected chi connectivity index (χ3v) is 4.96. The Kier molecular flexibility index (Phi) is 6.06. The normalized spacial score (nSPS) is 16.4. The number of nitrogens with zero attached hydrogens (tertiary/aromatic N) is 2. The number of nitrogens with one attached hydrogen (secondary N) is 1. The van der Waals surface area contributed by atoms with Crippen LogP contribution in [0, 0.1) is 11.6 Å². The third kappa shape index (κ3) is 4.63. The van der Waals surface area contributed by atoms with Crippen molar-refractivity contribution in [3.05, 3.63) is 65.7 Å². The van der Waals surface area contributed by atoms with Gasteiger partial charge in [-0.3, -0.25) is 9.69 Å². The highest BCUT2D eigenvalue weighted by Gasteiger charge is 2.28. The minimum absolute atomic E-state index is 0.0246. The van der Waals surface area contributed by atoms with E-state index in [0.29, 0.717) is 24.3 Å². The molecule has 2 aromatic rings. The summed E-state index contributed by atoms with van der Waals surface area (Å²) in [6, 6.07) is 12.4. The zero-order valence-corrected chi connectivity index (χ0v) is 15.7. The first-order valence-corrected chi connectivity index (χ1v) is 9.17. The average molecular weight is 373 g/mol. The first kappa shape index (κ1) is 19.3. The SMILES string of the molecule is CN(C)[C@H](C(=O)NC1CCN(c2ccccc2F)CC1)c1cccc(F)c1. The molecular formula is C21H25F2N3O. The number of carbonyl (C=O) groups excluding carboxylic acids is 1. The van der Waals surface area contributed by atoms with E-state index in [1.165, 1.54) is 18.2 Å². The number of benzene rings is 2. The average Bonchev–Trinajstić information content (AvgIpc) is 2.63. The molecule has 0 aromatic heterocycles. The molecule has 1 heterocycles. The lowest BCUT2D eigenvalue weighted by atomic mass is 10.0. The van der Waals surface area contributed by atoms with Gasteiger partial charge in [0.2, 0.25) is 5.91 Å². The summed E-state index contributed by atoms with van der Waals surface area (Å²) >= 11 is 0. The summed E-state index contributed by atoms with van der Waals surface area (Å²) in [7, 11) is 3.60. The Bertz CT molecular complexity index is 789. The molecule has 27 heavy (non-hydrogen) atoms. The van der Waals surface area contributed by atoms with Gasteiger partial charge >= 0.3 is 0 Å². The predicted molar refractivity (Wildman–Crippen MR) is 103 cm³/mol. The maximum absolute atomic E-state index is 13.9. The first-order chi connectivity index (χ1) is 13.0. The summed E-state index contributed by atoms with van der Waals surface area (Å²) in [5.41, 5.74) is 1.23. The fraction of sp³-hybridized carbons (Fsp3) is 0.381. The molecule has 0 aliphatic carbocycles. The van der Waals surface area contributed by atoms with Crippen LogP contribution in [0.5, 0.6) is 0 Å². The van der Waals surface area contributed by atoms with E-state index in [9.17, 15) is 13.6 Å². The van der Waals surface area contributed by atoms with Crippen LogP contribution >= 0.6 is 0 Å². The fourth-order valence-electron chi connectivity index (χ4n) is 3.61. The largest absolute Gasteiger partial charge is 0.369 e. The highest BCUT2D eigenvalue weighted by Crippen LogP contribution is 2.24. The lowest BCUT2D eigenvalue weighted by molar-refractivity contribution is -0.126. The highest BCUT2D eigenvalue weighted by molar-refractivity contribution is 5.83. The third-order valence-electron chi connectivity index (χ3n) is 4.96. The summed E-state index contributed by atoms with van der Waals surface area (Å²) in [5, 5.41) is 3.08. The number of para-hydroxylation sites is 1. The van der Waals surface area contributed by atoms with Gasteiger partial charge < -0.3 is 10.2 Å². The number of halogens is 2. The highest BCUT2D eigenvalue weighted by atomic mass is 19.1. The second-order valence-corrected chi connectivity index (χ2v) is 7.14. The molecule has 0 spiro atoms. The van der Waals surface area contributed by atoms with Crippen molar-refractivity contribution in [3.8, 4) is 0 Å². The predicted octanol–water partition coefficient (Wildman–Crippen LogP) is 3.35. The molecule has 1 saturated heterocycles. The molecule has 0 bridgehead atoms. The van der Waals surface area contributed by atoms with Gasteiger partial charge in [0.25, 0.3) is 0 Å². The number of likely N-dealkylation sites (N-methyl/N-ethyl adjacent to an activating group) is 1. The minimum atomic E-state index is -0.551. The molecule has 144 valence electrons. The molecule has 1 N–H and O–H groups in total. The summed E-state index contributed by atoms with van der Waals surface area (Å²) in [6.07, 6.45) is 1.48. The van der Waals surface area contributed by atoms with E-state index < -0.39 is 6.04 Å². The van der Waals surface area contributed by atoms with Crippen LogP contribution in [0.3, 0.4) is 0 Å². The van der Waals surface area contributed by atoms with Crippen molar-refractivity contribution in [1.29, 1.82) is 0 Å². The molecule has 2 aromatic carbocycles. The van der Waals surface area contributed by atoms with Crippen LogP contribution in [-0.4, -0.2) is 44.0 Å². The number of carbonyl (C=O) groups is 1. The van der Waals surface area contributed by atoms with Crippen molar-refractivity contribution < 1.29 is 13.6 Å². The van der Waals surface area contributed by atoms with E-state index in [2.05, 4.69) is 5.32 Å². The molecule has 0 saturated carbocycles. The van der Waals surface area contributed by atoms with Crippen LogP contribution in [-0.2, 0) is 4.79 Å². The van der Waals surface area contributed by atoms with Gasteiger partial charge in [0.15, 0.2) is 0 Å². The lowest BCUT2D eigenvalue weighted by Gasteiger charge is -2.35. The quantitative estimate of drug-likeness (QED) is 0.873. The van der Waals surface area contributed by atoms with E-state index in [0.717, 1.165) is 12.8 Å². The molecule has 0 radical (unpaired) electrons. The van der Waals surface area contributed by atoms with Gasteiger partial charge in [0.1, 0.15) is 17.7 Å². The van der Waals surface area contributed by atoms with Gasteiger partial charge in [-0.1, -0.05) is 24.3 Å². The number of hydrogen-bond donors (Lipinski definition) is 1. The molecule has 1 aliphatic heterocycles. The maximum Gasteiger partial charge on any atom is 0.242 e. The van der Waals surface area contributed by atoms with Gasteiger partial charge in [-0.15, -0.1) is 0 Å². The van der Waals surface area contributed by atoms with Gasteiger partial charge in [0.05, 0.1) is 5.69 Å². The number of amides is 1. The molecule has 1 amide bonds. The molecule has 0 unspecified atom stereocenters. The molecule has 1 fully saturated rings. The second-order valence-electron chi connectivity index (χ2n) is 7.14. The number of anilines is 1. The van der Waals surface area contributed by atoms with Gasteiger partial charge in [-0.25, -0.2) is 8.78 Å². The van der Waals surface area contributed by atoms with E-state index in [-0.39, 0.29) is 23.6 Å². The van der Waals surface area contributed by atoms with Crippen LogP contribution in [0.4, 0.5) is 14.5 Å². The van der Waals surface area contributed by atoms with Crippen molar-refractivity contribution in [1.82, 2.24) is 10.2 Å². The van der Waals surface area contributed by atoms with E-state index in [4.69, 9.17) is 0 Å². The number of rotatable bonds is 5. The molecule has 1 atom stereocenters. The summed E-state index contributed by atoms with van der Waals surface area (Å²) in [5.74, 6) is -0.723. The molecule has 4 nitrogen and oxygen atoms in total. The Morgan fingerprint density at radius 2 is 1.81 bits per heavy atom. The lowest BCUT2D eigenvalue weighted by Crippen LogP contribution is -2.48. The Balaban J connectivity index is 1.62. The van der Waals surface area contributed by atoms with Crippen molar-refractivity contribution >= 4 is 11.6 Å². The van der Waals surface area contributed by atoms with Gasteiger partial charge in [-0.2, -0.15) is 0 Å². The first-order valence-electron chi connectivity index (χ1n) is 9.17. The molecule has 1 aliphatic rings. The van der Waals surface area contributed by atoms with Gasteiger partial charge in [-0.05, 0) is 56.8 Å². The van der Waals surface area contributed by atoms with Crippen molar-refractivity contribution in [2.75, 3.05) is 32.1 Å². The summed E-state index contributed by atoms with van der Waals surface area (Å²) in [4.78, 5) is 16.6. The Morgan fingerprint density at radius 1 is 1.11 bits per heavy atom. The topological polar surface area (TPSA) is 35.6 Å². The van der Waals surface area contributed by atoms with Crippen LogP contribution in [0.15, 0.2) is 48.5 Å². The van der Waals surface area contributed by atoms with Crippen LogP contribution in [0.2, 0.25) is 0 Å². The minimum Gasteiger partial charge on any atom is -0.369 e. The fourth-order valence-corrected chi connectivity index (χ4v) is 3.61. The van der Waals surface area contributed by atoms with Crippen LogP contribution in [0.1, 0.15) is 24.4 Å². The van der Waals surface area contributed by atoms with Crippen molar-refractivity contribution in [2.24, 2.45) is 0 Å². The molecule has 6 heteroatoms. The number of hydrogen-bond acceptors (Lipinski definition) is 3. The zero-order valence-electron chi connectivity index (χ0n) is 15.7. The van der Waals surface area contributed by atoms with Crippen molar-refractivity contribution in [2.45, 2.75) is 24.9 Å². The molecule has 3 rings (SSSR count). The van der Waals surface area contributed by atoms with Gasteiger partial charge in [0, 0.05) is 19.1 Å². The van der Waals surface area contributed by atoms with E-state index >= 15 is 0 Å². The van der Waals surface area contributed by atoms with Crippen LogP contribution in [0.25, 0.3) is 0 Å². The van der Waals surface area contributed by atoms with E-state index in [1.807, 2.05) is 11.0 Å². The zero-order chi connectivity index (χ0) is 19.4. The summed E-state index contributed by atoms with van der Waals surface area (Å²) in [6.45, 7) is 1.36. The monoisotopic (exact) mass is 373 g/mol. The van der Waals surface area contributed by atoms with E-state index in [1.54, 1.807) is 43.3 Å². The second kappa shape index (κ2) is 8.48. The Labute approximate surface area is 158 Å². The Hall–Kier alpha value is -2.47. The Morgan fingerprint density at radius 3 is 2.44 bits per heavy atom. The van der Waals surface area contributed by atoms with Crippen molar-refractivity contribution in [3.63, 3.8) is 0 Å².